The fourth-order valence-electron chi connectivity index (χ4n) is 5.68. The summed E-state index contributed by atoms with van der Waals surface area (Å²) in [6, 6.07) is 18.4. The van der Waals surface area contributed by atoms with Crippen LogP contribution in [0.4, 0.5) is 4.79 Å². The molecule has 2 aromatic carbocycles. The second kappa shape index (κ2) is 13.9. The quantitative estimate of drug-likeness (QED) is 0.288. The summed E-state index contributed by atoms with van der Waals surface area (Å²) in [6.45, 7) is 7.59. The van der Waals surface area contributed by atoms with Crippen molar-refractivity contribution in [2.75, 3.05) is 0 Å². The second-order valence-electron chi connectivity index (χ2n) is 12.3. The Morgan fingerprint density at radius 1 is 0.976 bits per heavy atom. The van der Waals surface area contributed by atoms with Crippen molar-refractivity contribution in [2.45, 2.75) is 90.6 Å². The zero-order valence-electron chi connectivity index (χ0n) is 24.9. The molecule has 0 radical (unpaired) electrons. The Bertz CT molecular complexity index is 1240. The third kappa shape index (κ3) is 8.33. The van der Waals surface area contributed by atoms with Crippen molar-refractivity contribution >= 4 is 23.9 Å². The molecule has 226 valence electrons. The summed E-state index contributed by atoms with van der Waals surface area (Å²) in [5.74, 6) is -0.400. The Balaban J connectivity index is 1.29. The number of carbonyl (C=O) groups excluding carboxylic acids is 4. The number of hydrogen-bond donors (Lipinski definition) is 3. The molecule has 2 fully saturated rings. The lowest BCUT2D eigenvalue weighted by Crippen LogP contribution is -2.62. The lowest BCUT2D eigenvalue weighted by molar-refractivity contribution is -0.208. The molecule has 1 heterocycles. The van der Waals surface area contributed by atoms with Gasteiger partial charge in [-0.25, -0.2) is 4.79 Å². The molecule has 1 unspecified atom stereocenters. The Hall–Kier alpha value is -3.88. The van der Waals surface area contributed by atoms with Gasteiger partial charge in [-0.3, -0.25) is 14.4 Å². The summed E-state index contributed by atoms with van der Waals surface area (Å²) in [7, 11) is 0. The van der Waals surface area contributed by atoms with Crippen LogP contribution in [0.3, 0.4) is 0 Å². The molecule has 6 atom stereocenters. The molecular weight excluding hydrogens is 534 g/mol. The molecule has 2 aromatic rings. The zero-order valence-corrected chi connectivity index (χ0v) is 24.9. The number of nitrogens with one attached hydrogen (secondary N) is 3. The maximum Gasteiger partial charge on any atom is 0.408 e. The van der Waals surface area contributed by atoms with Gasteiger partial charge < -0.3 is 25.4 Å². The second-order valence-corrected chi connectivity index (χ2v) is 12.3. The van der Waals surface area contributed by atoms with Gasteiger partial charge in [0.2, 0.25) is 5.91 Å². The van der Waals surface area contributed by atoms with E-state index in [1.807, 2.05) is 62.4 Å². The predicted molar refractivity (Wildman–Crippen MR) is 158 cm³/mol. The van der Waals surface area contributed by atoms with Gasteiger partial charge in [0.15, 0.2) is 6.10 Å². The highest BCUT2D eigenvalue weighted by Gasteiger charge is 2.58. The molecule has 3 amide bonds. The first kappa shape index (κ1) is 31.1. The van der Waals surface area contributed by atoms with Gasteiger partial charge in [-0.2, -0.15) is 0 Å². The molecule has 4 rings (SSSR count). The van der Waals surface area contributed by atoms with Crippen LogP contribution >= 0.6 is 0 Å². The van der Waals surface area contributed by atoms with E-state index in [0.717, 1.165) is 18.4 Å². The van der Waals surface area contributed by atoms with Crippen molar-refractivity contribution in [1.82, 2.24) is 16.0 Å². The van der Waals surface area contributed by atoms with E-state index in [1.54, 1.807) is 13.8 Å². The summed E-state index contributed by atoms with van der Waals surface area (Å²) in [5, 5.41) is 8.78. The van der Waals surface area contributed by atoms with Gasteiger partial charge in [0.05, 0.1) is 0 Å². The molecule has 0 bridgehead atoms. The molecule has 0 aromatic heterocycles. The Kier molecular flexibility index (Phi) is 10.2. The number of hydrogen-bond acceptors (Lipinski definition) is 6. The van der Waals surface area contributed by atoms with Gasteiger partial charge in [0, 0.05) is 12.1 Å². The van der Waals surface area contributed by atoms with Crippen LogP contribution in [0.1, 0.15) is 64.5 Å². The summed E-state index contributed by atoms with van der Waals surface area (Å²) in [5.41, 5.74) is 1.24. The maximum absolute atomic E-state index is 13.1. The summed E-state index contributed by atoms with van der Waals surface area (Å²) < 4.78 is 10.5. The Morgan fingerprint density at radius 2 is 1.62 bits per heavy atom. The molecule has 0 spiro atoms. The van der Waals surface area contributed by atoms with E-state index in [2.05, 4.69) is 28.1 Å². The highest BCUT2D eigenvalue weighted by Crippen LogP contribution is 2.43. The van der Waals surface area contributed by atoms with Crippen molar-refractivity contribution in [1.29, 1.82) is 0 Å². The molecule has 9 heteroatoms. The van der Waals surface area contributed by atoms with Crippen molar-refractivity contribution in [3.8, 4) is 0 Å². The molecule has 42 heavy (non-hydrogen) atoms. The molecule has 3 N–H and O–H groups in total. The van der Waals surface area contributed by atoms with Crippen molar-refractivity contribution < 1.29 is 28.7 Å². The lowest BCUT2D eigenvalue weighted by Gasteiger charge is -2.44. The molecule has 1 saturated heterocycles. The minimum Gasteiger partial charge on any atom is -0.450 e. The molecular formula is C33H43N3O6. The number of amides is 3. The molecule has 1 saturated carbocycles. The normalized spacial score (nSPS) is 24.0. The fraction of sp³-hybridized carbons (Fsp3) is 0.515. The zero-order chi connectivity index (χ0) is 30.3. The summed E-state index contributed by atoms with van der Waals surface area (Å²) in [6.07, 6.45) is 2.14. The largest absolute Gasteiger partial charge is 0.450 e. The molecule has 1 aliphatic carbocycles. The molecule has 2 aliphatic rings. The molecule has 9 nitrogen and oxygen atoms in total. The van der Waals surface area contributed by atoms with E-state index in [4.69, 9.17) is 9.47 Å². The number of cyclic esters (lactones) is 1. The number of alkyl carbamates (subject to hydrolysis) is 1. The minimum absolute atomic E-state index is 0.0280. The van der Waals surface area contributed by atoms with Crippen LogP contribution in [0, 0.1) is 17.3 Å². The number of aryl methyl sites for hydroxylation is 1. The van der Waals surface area contributed by atoms with Crippen LogP contribution in [-0.4, -0.2) is 48.1 Å². The maximum atomic E-state index is 13.1. The number of ether oxygens (including phenoxy) is 2. The van der Waals surface area contributed by atoms with Crippen LogP contribution in [0.15, 0.2) is 60.7 Å². The van der Waals surface area contributed by atoms with Crippen molar-refractivity contribution in [2.24, 2.45) is 17.3 Å². The van der Waals surface area contributed by atoms with E-state index < -0.39 is 23.7 Å². The third-order valence-electron chi connectivity index (χ3n) is 8.09. The van der Waals surface area contributed by atoms with Crippen LogP contribution in [0.5, 0.6) is 0 Å². The van der Waals surface area contributed by atoms with Crippen LogP contribution in [-0.2, 0) is 36.9 Å². The minimum atomic E-state index is -0.791. The average molecular weight is 578 g/mol. The van der Waals surface area contributed by atoms with Gasteiger partial charge in [0.25, 0.3) is 5.91 Å². The highest BCUT2D eigenvalue weighted by molar-refractivity contribution is 5.97. The summed E-state index contributed by atoms with van der Waals surface area (Å²) >= 11 is 0. The Labute approximate surface area is 248 Å². The monoisotopic (exact) mass is 577 g/mol. The summed E-state index contributed by atoms with van der Waals surface area (Å²) in [4.78, 5) is 50.5. The highest BCUT2D eigenvalue weighted by atomic mass is 16.6. The first-order chi connectivity index (χ1) is 20.0. The van der Waals surface area contributed by atoms with Crippen molar-refractivity contribution in [3.63, 3.8) is 0 Å². The van der Waals surface area contributed by atoms with E-state index >= 15 is 0 Å². The number of esters is 1. The third-order valence-corrected chi connectivity index (χ3v) is 8.09. The van der Waals surface area contributed by atoms with Gasteiger partial charge in [-0.1, -0.05) is 74.5 Å². The van der Waals surface area contributed by atoms with Crippen LogP contribution < -0.4 is 16.0 Å². The van der Waals surface area contributed by atoms with Gasteiger partial charge >= 0.3 is 12.1 Å². The van der Waals surface area contributed by atoms with Crippen molar-refractivity contribution in [3.05, 3.63) is 71.8 Å². The van der Waals surface area contributed by atoms with Gasteiger partial charge in [-0.05, 0) is 68.9 Å². The fourth-order valence-corrected chi connectivity index (χ4v) is 5.68. The SMILES string of the molecule is CC(C)C[C@]1(C)C(=O)O[C@H]1C(=O)N[C@H]1C[C@H]1CC(CCc1ccccc1)NC(=O)[C@H](C)NC(=O)OCc1ccccc1. The first-order valence-corrected chi connectivity index (χ1v) is 14.9. The van der Waals surface area contributed by atoms with E-state index in [0.29, 0.717) is 19.3 Å². The van der Waals surface area contributed by atoms with E-state index in [-0.39, 0.29) is 48.3 Å². The number of carbonyl (C=O) groups is 4. The Morgan fingerprint density at radius 3 is 2.24 bits per heavy atom. The van der Waals surface area contributed by atoms with Gasteiger partial charge in [-0.15, -0.1) is 0 Å². The first-order valence-electron chi connectivity index (χ1n) is 14.9. The smallest absolute Gasteiger partial charge is 0.408 e. The lowest BCUT2D eigenvalue weighted by atomic mass is 9.73. The average Bonchev–Trinajstić information content (AvgIpc) is 3.70. The van der Waals surface area contributed by atoms with Crippen LogP contribution in [0.25, 0.3) is 0 Å². The van der Waals surface area contributed by atoms with E-state index in [1.165, 1.54) is 5.56 Å². The number of rotatable bonds is 14. The van der Waals surface area contributed by atoms with Crippen LogP contribution in [0.2, 0.25) is 0 Å². The predicted octanol–water partition coefficient (Wildman–Crippen LogP) is 4.29. The topological polar surface area (TPSA) is 123 Å². The van der Waals surface area contributed by atoms with E-state index in [9.17, 15) is 19.2 Å². The standard InChI is InChI=1S/C33H43N3O6/c1-21(2)19-33(4)28(42-31(33)39)30(38)36-27-18-25(27)17-26(16-15-23-11-7-5-8-12-23)35-29(37)22(3)34-32(40)41-20-24-13-9-6-10-14-24/h5-14,21-22,25-28H,15-20H2,1-4H3,(H,34,40)(H,35,37)(H,36,38)/t22-,25+,26?,27-,28-,33-/m0/s1. The molecule has 1 aliphatic heterocycles. The van der Waals surface area contributed by atoms with Gasteiger partial charge in [0.1, 0.15) is 18.1 Å². The number of benzene rings is 2.